The molecule has 0 atom stereocenters. The van der Waals surface area contributed by atoms with Gasteiger partial charge in [0.15, 0.2) is 0 Å². The van der Waals surface area contributed by atoms with E-state index >= 15 is 0 Å². The number of ether oxygens (including phenoxy) is 2. The number of benzene rings is 2. The number of methoxy groups -OCH3 is 1. The number of anilines is 1. The first-order valence-corrected chi connectivity index (χ1v) is 11.2. The van der Waals surface area contributed by atoms with Gasteiger partial charge < -0.3 is 9.47 Å². The molecule has 160 valence electrons. The Morgan fingerprint density at radius 3 is 2.63 bits per heavy atom. The molecule has 2 aliphatic rings. The van der Waals surface area contributed by atoms with Crippen molar-refractivity contribution in [2.45, 2.75) is 30.4 Å². The van der Waals surface area contributed by atoms with Gasteiger partial charge in [-0.2, -0.15) is 4.31 Å². The molecule has 0 aromatic heterocycles. The molecule has 2 aliphatic heterocycles. The molecule has 4 rings (SSSR count). The van der Waals surface area contributed by atoms with E-state index < -0.39 is 26.8 Å². The highest BCUT2D eigenvalue weighted by Crippen LogP contribution is 2.39. The summed E-state index contributed by atoms with van der Waals surface area (Å²) in [5.74, 6) is -0.292. The van der Waals surface area contributed by atoms with Crippen LogP contribution in [0.1, 0.15) is 18.4 Å². The number of hydrogen-bond donors (Lipinski definition) is 0. The summed E-state index contributed by atoms with van der Waals surface area (Å²) in [7, 11) is -2.51. The molecular formula is C20H20ClFN2O5S. The van der Waals surface area contributed by atoms with Crippen LogP contribution < -0.4 is 9.64 Å². The lowest BCUT2D eigenvalue weighted by Gasteiger charge is -2.40. The number of hydrogen-bond acceptors (Lipinski definition) is 5. The van der Waals surface area contributed by atoms with Crippen molar-refractivity contribution in [2.24, 2.45) is 0 Å². The Balaban J connectivity index is 1.57. The zero-order valence-electron chi connectivity index (χ0n) is 16.2. The second kappa shape index (κ2) is 8.05. The van der Waals surface area contributed by atoms with Crippen molar-refractivity contribution in [3.8, 4) is 5.75 Å². The van der Waals surface area contributed by atoms with Gasteiger partial charge in [-0.15, -0.1) is 0 Å². The SMILES string of the molecule is COc1cccc2c1N(C1CCN(S(=O)(=O)c3cc(Cl)ccc3F)CC1)C(=O)OC2. The zero-order chi connectivity index (χ0) is 21.5. The van der Waals surface area contributed by atoms with Crippen molar-refractivity contribution in [3.63, 3.8) is 0 Å². The van der Waals surface area contributed by atoms with Crippen LogP contribution in [-0.4, -0.2) is 45.1 Å². The number of nitrogens with zero attached hydrogens (tertiary/aromatic N) is 2. The van der Waals surface area contributed by atoms with Crippen LogP contribution in [0.3, 0.4) is 0 Å². The first-order chi connectivity index (χ1) is 14.3. The molecule has 2 heterocycles. The topological polar surface area (TPSA) is 76.2 Å². The fraction of sp³-hybridized carbons (Fsp3) is 0.350. The van der Waals surface area contributed by atoms with E-state index in [9.17, 15) is 17.6 Å². The molecule has 1 saturated heterocycles. The largest absolute Gasteiger partial charge is 0.495 e. The normalized spacial score (nSPS) is 18.1. The minimum Gasteiger partial charge on any atom is -0.495 e. The van der Waals surface area contributed by atoms with Crippen LogP contribution in [0.4, 0.5) is 14.9 Å². The molecule has 0 aliphatic carbocycles. The number of carbonyl (C=O) groups is 1. The predicted octanol–water partition coefficient (Wildman–Crippen LogP) is 3.80. The van der Waals surface area contributed by atoms with E-state index in [4.69, 9.17) is 21.1 Å². The molecule has 0 radical (unpaired) electrons. The Hall–Kier alpha value is -2.36. The molecular weight excluding hydrogens is 435 g/mol. The molecule has 2 aromatic rings. The van der Waals surface area contributed by atoms with Gasteiger partial charge in [0, 0.05) is 29.7 Å². The van der Waals surface area contributed by atoms with Crippen molar-refractivity contribution < 1.29 is 27.1 Å². The molecule has 30 heavy (non-hydrogen) atoms. The molecule has 7 nitrogen and oxygen atoms in total. The molecule has 0 N–H and O–H groups in total. The van der Waals surface area contributed by atoms with E-state index in [-0.39, 0.29) is 30.8 Å². The lowest BCUT2D eigenvalue weighted by atomic mass is 10.0. The van der Waals surface area contributed by atoms with Crippen LogP contribution in [0.2, 0.25) is 5.02 Å². The van der Waals surface area contributed by atoms with Gasteiger partial charge >= 0.3 is 6.09 Å². The number of rotatable bonds is 4. The average Bonchev–Trinajstić information content (AvgIpc) is 2.75. The Labute approximate surface area is 179 Å². The predicted molar refractivity (Wildman–Crippen MR) is 109 cm³/mol. The van der Waals surface area contributed by atoms with Gasteiger partial charge in [-0.1, -0.05) is 23.7 Å². The van der Waals surface area contributed by atoms with Crippen LogP contribution in [0.25, 0.3) is 0 Å². The zero-order valence-corrected chi connectivity index (χ0v) is 17.7. The monoisotopic (exact) mass is 454 g/mol. The molecule has 0 saturated carbocycles. The summed E-state index contributed by atoms with van der Waals surface area (Å²) in [6.45, 7) is 0.420. The number of piperidine rings is 1. The van der Waals surface area contributed by atoms with E-state index in [0.29, 0.717) is 24.3 Å². The summed E-state index contributed by atoms with van der Waals surface area (Å²) in [6, 6.07) is 8.63. The average molecular weight is 455 g/mol. The second-order valence-electron chi connectivity index (χ2n) is 7.10. The first-order valence-electron chi connectivity index (χ1n) is 9.40. The highest BCUT2D eigenvalue weighted by atomic mass is 35.5. The lowest BCUT2D eigenvalue weighted by molar-refractivity contribution is 0.135. The first kappa shape index (κ1) is 20.9. The standard InChI is InChI=1S/C20H20ClFN2O5S/c1-28-17-4-2-3-13-12-29-20(25)24(19(13)17)15-7-9-23(10-8-15)30(26,27)18-11-14(21)5-6-16(18)22/h2-6,11,15H,7-10,12H2,1H3. The minimum absolute atomic E-state index is 0.132. The maximum atomic E-state index is 14.1. The van der Waals surface area contributed by atoms with Crippen molar-refractivity contribution in [3.05, 3.63) is 52.8 Å². The molecule has 0 spiro atoms. The number of halogens is 2. The Morgan fingerprint density at radius 2 is 1.93 bits per heavy atom. The van der Waals surface area contributed by atoms with Crippen molar-refractivity contribution in [1.82, 2.24) is 4.31 Å². The lowest BCUT2D eigenvalue weighted by Crippen LogP contribution is -2.50. The van der Waals surface area contributed by atoms with Crippen LogP contribution in [0, 0.1) is 5.82 Å². The van der Waals surface area contributed by atoms with Gasteiger partial charge in [0.25, 0.3) is 0 Å². The van der Waals surface area contributed by atoms with Crippen molar-refractivity contribution in [2.75, 3.05) is 25.1 Å². The summed E-state index contributed by atoms with van der Waals surface area (Å²) in [6.07, 6.45) is 0.247. The third kappa shape index (κ3) is 3.61. The molecule has 0 bridgehead atoms. The van der Waals surface area contributed by atoms with E-state index in [1.165, 1.54) is 17.5 Å². The van der Waals surface area contributed by atoms with Crippen molar-refractivity contribution in [1.29, 1.82) is 0 Å². The van der Waals surface area contributed by atoms with E-state index in [2.05, 4.69) is 0 Å². The van der Waals surface area contributed by atoms with Crippen LogP contribution in [0.5, 0.6) is 5.75 Å². The van der Waals surface area contributed by atoms with Gasteiger partial charge in [-0.25, -0.2) is 17.6 Å². The van der Waals surface area contributed by atoms with E-state index in [1.54, 1.807) is 11.0 Å². The Kier molecular flexibility index (Phi) is 5.61. The van der Waals surface area contributed by atoms with Gasteiger partial charge in [0.2, 0.25) is 10.0 Å². The number of cyclic esters (lactones) is 1. The molecule has 1 fully saturated rings. The summed E-state index contributed by atoms with van der Waals surface area (Å²) >= 11 is 5.86. The fourth-order valence-corrected chi connectivity index (χ4v) is 5.71. The van der Waals surface area contributed by atoms with Crippen LogP contribution in [-0.2, 0) is 21.4 Å². The summed E-state index contributed by atoms with van der Waals surface area (Å²) in [4.78, 5) is 13.7. The number of amides is 1. The van der Waals surface area contributed by atoms with Gasteiger partial charge in [0.05, 0.1) is 12.8 Å². The van der Waals surface area contributed by atoms with Gasteiger partial charge in [0.1, 0.15) is 23.1 Å². The second-order valence-corrected chi connectivity index (χ2v) is 9.45. The number of carbonyl (C=O) groups excluding carboxylic acids is 1. The summed E-state index contributed by atoms with van der Waals surface area (Å²) in [5, 5.41) is 0.143. The number of sulfonamides is 1. The summed E-state index contributed by atoms with van der Waals surface area (Å²) in [5.41, 5.74) is 1.48. The third-order valence-corrected chi connectivity index (χ3v) is 7.54. The van der Waals surface area contributed by atoms with Crippen molar-refractivity contribution >= 4 is 33.4 Å². The fourth-order valence-electron chi connectivity index (χ4n) is 3.91. The summed E-state index contributed by atoms with van der Waals surface area (Å²) < 4.78 is 51.9. The maximum absolute atomic E-state index is 14.1. The third-order valence-electron chi connectivity index (χ3n) is 5.39. The number of fused-ring (bicyclic) bond motifs is 1. The Morgan fingerprint density at radius 1 is 1.20 bits per heavy atom. The smallest absolute Gasteiger partial charge is 0.415 e. The molecule has 2 aromatic carbocycles. The number of para-hydroxylation sites is 1. The quantitative estimate of drug-likeness (QED) is 0.702. The molecule has 0 unspecified atom stereocenters. The van der Waals surface area contributed by atoms with Crippen LogP contribution >= 0.6 is 11.6 Å². The van der Waals surface area contributed by atoms with E-state index in [0.717, 1.165) is 17.7 Å². The highest BCUT2D eigenvalue weighted by molar-refractivity contribution is 7.89. The molecule has 10 heteroatoms. The molecule has 1 amide bonds. The van der Waals surface area contributed by atoms with Gasteiger partial charge in [-0.3, -0.25) is 4.90 Å². The highest BCUT2D eigenvalue weighted by Gasteiger charge is 2.39. The minimum atomic E-state index is -4.04. The van der Waals surface area contributed by atoms with E-state index in [1.807, 2.05) is 12.1 Å². The maximum Gasteiger partial charge on any atom is 0.415 e. The van der Waals surface area contributed by atoms with Gasteiger partial charge in [-0.05, 0) is 37.1 Å². The Bertz CT molecular complexity index is 1070. The van der Waals surface area contributed by atoms with Crippen LogP contribution in [0.15, 0.2) is 41.3 Å².